The molecule has 0 unspecified atom stereocenters. The molecule has 10 heteroatoms. The number of Topliss-reactive ketones (excluding diaryl/α,β-unsaturated/α-hetero) is 1. The van der Waals surface area contributed by atoms with E-state index in [0.29, 0.717) is 22.2 Å². The zero-order valence-electron chi connectivity index (χ0n) is 16.7. The molecular formula is C22H18F3N5O2. The third-order valence-corrected chi connectivity index (χ3v) is 5.02. The molecule has 7 nitrogen and oxygen atoms in total. The Bertz CT molecular complexity index is 1280. The lowest BCUT2D eigenvalue weighted by molar-refractivity contribution is -0.137. The first-order valence-electron chi connectivity index (χ1n) is 9.61. The highest BCUT2D eigenvalue weighted by Gasteiger charge is 2.30. The third kappa shape index (κ3) is 4.30. The number of carbonyl (C=O) groups is 1. The molecule has 0 saturated carbocycles. The molecule has 0 bridgehead atoms. The molecular weight excluding hydrogens is 423 g/mol. The number of hydrogen-bond acceptors (Lipinski definition) is 6. The standard InChI is InChI=1S/C22H18F3N5O2/c23-22(24,25)16-5-6-27-17(8-16)9-18(32)7-13-1-3-14(4-2-13)19-15(11-31)10-30-20(19)21(26)28-12-29-30/h1-6,8,10,12,31H,7,9,11H2,(H2,26,28,29). The number of benzene rings is 1. The topological polar surface area (TPSA) is 106 Å². The van der Waals surface area contributed by atoms with Crippen LogP contribution in [-0.4, -0.2) is 30.5 Å². The summed E-state index contributed by atoms with van der Waals surface area (Å²) in [4.78, 5) is 20.3. The molecule has 164 valence electrons. The largest absolute Gasteiger partial charge is 0.416 e. The van der Waals surface area contributed by atoms with E-state index < -0.39 is 11.7 Å². The summed E-state index contributed by atoms with van der Waals surface area (Å²) >= 11 is 0. The number of carbonyl (C=O) groups excluding carboxylic acids is 1. The lowest BCUT2D eigenvalue weighted by Gasteiger charge is -2.08. The van der Waals surface area contributed by atoms with Crippen molar-refractivity contribution in [2.45, 2.75) is 25.6 Å². The minimum atomic E-state index is -4.48. The molecule has 0 amide bonds. The first-order valence-corrected chi connectivity index (χ1v) is 9.61. The van der Waals surface area contributed by atoms with Crippen LogP contribution in [0.5, 0.6) is 0 Å². The van der Waals surface area contributed by atoms with E-state index in [1.807, 2.05) is 0 Å². The van der Waals surface area contributed by atoms with Gasteiger partial charge in [-0.25, -0.2) is 9.50 Å². The van der Waals surface area contributed by atoms with Crippen LogP contribution in [0.4, 0.5) is 19.0 Å². The molecule has 0 aliphatic rings. The molecule has 0 aliphatic carbocycles. The van der Waals surface area contributed by atoms with E-state index in [9.17, 15) is 23.1 Å². The molecule has 3 aromatic heterocycles. The van der Waals surface area contributed by atoms with Gasteiger partial charge >= 0.3 is 6.18 Å². The normalized spacial score (nSPS) is 11.8. The SMILES string of the molecule is Nc1ncnn2cc(CO)c(-c3ccc(CC(=O)Cc4cc(C(F)(F)F)ccn4)cc3)c12. The van der Waals surface area contributed by atoms with Crippen molar-refractivity contribution in [3.05, 3.63) is 77.5 Å². The van der Waals surface area contributed by atoms with Gasteiger partial charge < -0.3 is 10.8 Å². The number of ketones is 1. The van der Waals surface area contributed by atoms with Gasteiger partial charge in [-0.3, -0.25) is 9.78 Å². The van der Waals surface area contributed by atoms with Crippen LogP contribution in [0.3, 0.4) is 0 Å². The second-order valence-electron chi connectivity index (χ2n) is 7.25. The van der Waals surface area contributed by atoms with Crippen LogP contribution in [0, 0.1) is 0 Å². The predicted octanol–water partition coefficient (Wildman–Crippen LogP) is 3.24. The van der Waals surface area contributed by atoms with Crippen molar-refractivity contribution in [3.8, 4) is 11.1 Å². The van der Waals surface area contributed by atoms with Gasteiger partial charge in [0.1, 0.15) is 17.6 Å². The minimum absolute atomic E-state index is 0.0484. The summed E-state index contributed by atoms with van der Waals surface area (Å²) in [5.41, 5.74) is 8.57. The quantitative estimate of drug-likeness (QED) is 0.476. The summed E-state index contributed by atoms with van der Waals surface area (Å²) < 4.78 is 40.1. The van der Waals surface area contributed by atoms with Crippen LogP contribution in [0.25, 0.3) is 16.6 Å². The molecule has 32 heavy (non-hydrogen) atoms. The number of hydrogen-bond donors (Lipinski definition) is 2. The highest BCUT2D eigenvalue weighted by Crippen LogP contribution is 2.33. The Kier molecular flexibility index (Phi) is 5.62. The van der Waals surface area contributed by atoms with Crippen LogP contribution >= 0.6 is 0 Å². The Labute approximate surface area is 180 Å². The highest BCUT2D eigenvalue weighted by atomic mass is 19.4. The smallest absolute Gasteiger partial charge is 0.392 e. The lowest BCUT2D eigenvalue weighted by Crippen LogP contribution is -2.10. The van der Waals surface area contributed by atoms with Crippen molar-refractivity contribution in [2.24, 2.45) is 0 Å². The number of anilines is 1. The number of aliphatic hydroxyl groups is 1. The van der Waals surface area contributed by atoms with Gasteiger partial charge in [0, 0.05) is 42.1 Å². The zero-order valence-corrected chi connectivity index (χ0v) is 16.7. The second kappa shape index (κ2) is 8.39. The summed E-state index contributed by atoms with van der Waals surface area (Å²) in [7, 11) is 0. The molecule has 3 N–H and O–H groups in total. The summed E-state index contributed by atoms with van der Waals surface area (Å²) in [5.74, 6) is 0.00937. The molecule has 0 atom stereocenters. The van der Waals surface area contributed by atoms with Gasteiger partial charge in [-0.05, 0) is 23.3 Å². The van der Waals surface area contributed by atoms with E-state index in [1.54, 1.807) is 35.0 Å². The number of alkyl halides is 3. The first kappa shape index (κ1) is 21.4. The van der Waals surface area contributed by atoms with E-state index in [4.69, 9.17) is 5.73 Å². The Morgan fingerprint density at radius 2 is 1.84 bits per heavy atom. The fourth-order valence-electron chi connectivity index (χ4n) is 3.56. The second-order valence-corrected chi connectivity index (χ2v) is 7.25. The van der Waals surface area contributed by atoms with Gasteiger partial charge in [0.2, 0.25) is 0 Å². The zero-order chi connectivity index (χ0) is 22.9. The van der Waals surface area contributed by atoms with Gasteiger partial charge in [-0.15, -0.1) is 0 Å². The summed E-state index contributed by atoms with van der Waals surface area (Å²) in [6.45, 7) is -0.220. The molecule has 0 aliphatic heterocycles. The van der Waals surface area contributed by atoms with Crippen molar-refractivity contribution in [1.82, 2.24) is 19.6 Å². The van der Waals surface area contributed by atoms with Gasteiger partial charge in [0.25, 0.3) is 0 Å². The van der Waals surface area contributed by atoms with E-state index in [1.165, 1.54) is 6.33 Å². The highest BCUT2D eigenvalue weighted by molar-refractivity contribution is 5.90. The van der Waals surface area contributed by atoms with E-state index in [-0.39, 0.29) is 36.7 Å². The Hall–Kier alpha value is -3.79. The molecule has 0 radical (unpaired) electrons. The van der Waals surface area contributed by atoms with Gasteiger partial charge in [0.05, 0.1) is 12.2 Å². The van der Waals surface area contributed by atoms with E-state index in [2.05, 4.69) is 15.1 Å². The van der Waals surface area contributed by atoms with Crippen molar-refractivity contribution >= 4 is 17.1 Å². The summed E-state index contributed by atoms with van der Waals surface area (Å²) in [6, 6.07) is 8.83. The molecule has 0 fully saturated rings. The number of fused-ring (bicyclic) bond motifs is 1. The van der Waals surface area contributed by atoms with Crippen LogP contribution in [0.1, 0.15) is 22.4 Å². The van der Waals surface area contributed by atoms with Crippen LogP contribution < -0.4 is 5.73 Å². The molecule has 4 rings (SSSR count). The number of halogens is 3. The number of pyridine rings is 1. The fourth-order valence-corrected chi connectivity index (χ4v) is 3.56. The molecule has 0 saturated heterocycles. The number of nitrogens with zero attached hydrogens (tertiary/aromatic N) is 4. The maximum Gasteiger partial charge on any atom is 0.416 e. The van der Waals surface area contributed by atoms with E-state index in [0.717, 1.165) is 23.9 Å². The number of nitrogen functional groups attached to an aromatic ring is 1. The van der Waals surface area contributed by atoms with Gasteiger partial charge in [-0.2, -0.15) is 18.3 Å². The Morgan fingerprint density at radius 3 is 2.53 bits per heavy atom. The molecule has 3 heterocycles. The van der Waals surface area contributed by atoms with Crippen molar-refractivity contribution in [2.75, 3.05) is 5.73 Å². The number of nitrogens with two attached hydrogens (primary N) is 1. The average molecular weight is 441 g/mol. The van der Waals surface area contributed by atoms with Gasteiger partial charge in [0.15, 0.2) is 5.82 Å². The molecule has 1 aromatic carbocycles. The number of aliphatic hydroxyl groups excluding tert-OH is 1. The van der Waals surface area contributed by atoms with Crippen LogP contribution in [0.2, 0.25) is 0 Å². The van der Waals surface area contributed by atoms with Gasteiger partial charge in [-0.1, -0.05) is 24.3 Å². The Morgan fingerprint density at radius 1 is 1.09 bits per heavy atom. The third-order valence-electron chi connectivity index (χ3n) is 5.02. The number of aromatic nitrogens is 4. The van der Waals surface area contributed by atoms with Crippen molar-refractivity contribution in [3.63, 3.8) is 0 Å². The van der Waals surface area contributed by atoms with Crippen LogP contribution in [-0.2, 0) is 30.4 Å². The monoisotopic (exact) mass is 441 g/mol. The average Bonchev–Trinajstić information content (AvgIpc) is 3.14. The maximum atomic E-state index is 12.8. The molecule has 0 spiro atoms. The van der Waals surface area contributed by atoms with Crippen molar-refractivity contribution in [1.29, 1.82) is 0 Å². The number of rotatable bonds is 6. The minimum Gasteiger partial charge on any atom is -0.392 e. The fraction of sp³-hybridized carbons (Fsp3) is 0.182. The van der Waals surface area contributed by atoms with Crippen LogP contribution in [0.15, 0.2) is 55.1 Å². The Balaban J connectivity index is 1.53. The molecule has 4 aromatic rings. The summed E-state index contributed by atoms with van der Waals surface area (Å²) in [5, 5.41) is 13.8. The lowest BCUT2D eigenvalue weighted by atomic mass is 9.99. The summed E-state index contributed by atoms with van der Waals surface area (Å²) in [6.07, 6.45) is -0.590. The van der Waals surface area contributed by atoms with E-state index >= 15 is 0 Å². The predicted molar refractivity (Wildman–Crippen MR) is 110 cm³/mol. The maximum absolute atomic E-state index is 12.8. The van der Waals surface area contributed by atoms with Crippen molar-refractivity contribution < 1.29 is 23.1 Å². The first-order chi connectivity index (χ1) is 15.3.